The van der Waals surface area contributed by atoms with Crippen molar-refractivity contribution in [2.24, 2.45) is 7.05 Å². The molecule has 18 heteroatoms. The topological polar surface area (TPSA) is 169 Å². The standard InChI is InChI=1S/C42H44F3N11O4/c1-25-19-29(6-7-30(25)22-46-38(58)36-50-39(60-52-36)41(13-14-41)42(43,44)45)35-33-20-26(23-56(33)48-24-47-35)5-3-4-15-54-16-10-27(11-17-54)28-8-9-31-32(21-28)53(2)51-37(31)55-18-12-34(57)49-40(55)59/h6-9,19-21,23-24,27H,3-5,10-18,22H2,1-2H3,(H,46,58)(H,49,57,59). The molecule has 3 fully saturated rings. The lowest BCUT2D eigenvalue weighted by Crippen LogP contribution is -2.49. The van der Waals surface area contributed by atoms with Crippen LogP contribution in [0.1, 0.15) is 89.6 Å². The number of nitrogens with zero attached hydrogens (tertiary/aromatic N) is 9. The second kappa shape index (κ2) is 15.5. The first-order valence-electron chi connectivity index (χ1n) is 20.3. The Kier molecular flexibility index (Phi) is 10.1. The van der Waals surface area contributed by atoms with Crippen LogP contribution < -0.4 is 15.5 Å². The summed E-state index contributed by atoms with van der Waals surface area (Å²) in [6, 6.07) is 13.9. The number of halogens is 3. The number of carbonyl (C=O) groups excluding carboxylic acids is 3. The highest BCUT2D eigenvalue weighted by atomic mass is 19.4. The zero-order valence-corrected chi connectivity index (χ0v) is 33.3. The van der Waals surface area contributed by atoms with Gasteiger partial charge < -0.3 is 14.7 Å². The first kappa shape index (κ1) is 39.3. The van der Waals surface area contributed by atoms with Crippen LogP contribution in [-0.2, 0) is 30.2 Å². The van der Waals surface area contributed by atoms with Gasteiger partial charge in [-0.3, -0.25) is 24.5 Å². The fourth-order valence-corrected chi connectivity index (χ4v) is 8.52. The van der Waals surface area contributed by atoms with Crippen molar-refractivity contribution in [3.05, 3.63) is 89.0 Å². The number of alkyl halides is 3. The van der Waals surface area contributed by atoms with Crippen LogP contribution in [0.5, 0.6) is 0 Å². The zero-order chi connectivity index (χ0) is 41.8. The van der Waals surface area contributed by atoms with E-state index in [1.807, 2.05) is 41.4 Å². The lowest BCUT2D eigenvalue weighted by molar-refractivity contribution is -0.166. The van der Waals surface area contributed by atoms with Crippen molar-refractivity contribution in [3.8, 4) is 11.3 Å². The van der Waals surface area contributed by atoms with Gasteiger partial charge in [0.05, 0.1) is 16.7 Å². The van der Waals surface area contributed by atoms with Crippen LogP contribution in [0.4, 0.5) is 23.8 Å². The molecule has 3 aliphatic rings. The average Bonchev–Trinajstić information content (AvgIpc) is 3.55. The minimum absolute atomic E-state index is 0.128. The molecule has 1 aliphatic carbocycles. The molecule has 9 rings (SSSR count). The van der Waals surface area contributed by atoms with E-state index in [0.29, 0.717) is 18.3 Å². The number of carbonyl (C=O) groups is 3. The fourth-order valence-electron chi connectivity index (χ4n) is 8.52. The van der Waals surface area contributed by atoms with E-state index >= 15 is 0 Å². The van der Waals surface area contributed by atoms with E-state index in [2.05, 4.69) is 71.3 Å². The highest BCUT2D eigenvalue weighted by Gasteiger charge is 2.68. The number of likely N-dealkylation sites (tertiary alicyclic amines) is 1. The smallest absolute Gasteiger partial charge is 0.345 e. The van der Waals surface area contributed by atoms with Crippen molar-refractivity contribution < 1.29 is 32.1 Å². The molecule has 2 N–H and O–H groups in total. The monoisotopic (exact) mass is 823 g/mol. The summed E-state index contributed by atoms with van der Waals surface area (Å²) in [5.41, 5.74) is 5.58. The van der Waals surface area contributed by atoms with Gasteiger partial charge in [0.1, 0.15) is 11.7 Å². The second-order valence-electron chi connectivity index (χ2n) is 16.2. The molecule has 1 saturated carbocycles. The number of unbranched alkanes of at least 4 members (excludes halogenated alkanes) is 1. The molecule has 6 aromatic rings. The van der Waals surface area contributed by atoms with Gasteiger partial charge in [0, 0.05) is 43.7 Å². The Balaban J connectivity index is 0.757. The Bertz CT molecular complexity index is 2620. The molecule has 15 nitrogen and oxygen atoms in total. The summed E-state index contributed by atoms with van der Waals surface area (Å²) in [6.07, 6.45) is 4.24. The van der Waals surface area contributed by atoms with E-state index < -0.39 is 35.2 Å². The maximum Gasteiger partial charge on any atom is 0.403 e. The van der Waals surface area contributed by atoms with E-state index in [1.54, 1.807) is 4.90 Å². The number of rotatable bonds is 12. The third kappa shape index (κ3) is 7.48. The van der Waals surface area contributed by atoms with Crippen LogP contribution in [0.3, 0.4) is 0 Å². The number of anilines is 1. The van der Waals surface area contributed by atoms with E-state index in [9.17, 15) is 27.6 Å². The number of benzene rings is 2. The summed E-state index contributed by atoms with van der Waals surface area (Å²) < 4.78 is 48.8. The van der Waals surface area contributed by atoms with Crippen LogP contribution in [0.15, 0.2) is 59.5 Å². The lowest BCUT2D eigenvalue weighted by atomic mass is 9.89. The summed E-state index contributed by atoms with van der Waals surface area (Å²) >= 11 is 0. The summed E-state index contributed by atoms with van der Waals surface area (Å²) in [5.74, 6) is -0.945. The number of amides is 4. The number of aryl methyl sites for hydroxylation is 3. The van der Waals surface area contributed by atoms with Crippen LogP contribution in [0.25, 0.3) is 27.7 Å². The quantitative estimate of drug-likeness (QED) is 0.137. The number of aromatic nitrogens is 7. The molecule has 6 heterocycles. The summed E-state index contributed by atoms with van der Waals surface area (Å²) in [5, 5.41) is 18.6. The van der Waals surface area contributed by atoms with Gasteiger partial charge in [-0.05, 0) is 124 Å². The maximum atomic E-state index is 13.4. The van der Waals surface area contributed by atoms with Crippen molar-refractivity contribution in [2.75, 3.05) is 31.1 Å². The summed E-state index contributed by atoms with van der Waals surface area (Å²) in [6.45, 7) is 5.47. The van der Waals surface area contributed by atoms with Gasteiger partial charge in [-0.1, -0.05) is 23.4 Å². The SMILES string of the molecule is Cc1cc(-c2ncnn3cc(CCCCN4CCC(c5ccc6c(N7CCC(=O)NC7=O)nn(C)c6c5)CC4)cc23)ccc1CNC(=O)c1noc(C2(C(F)(F)F)CC2)n1. The number of hydrogen-bond donors (Lipinski definition) is 2. The van der Waals surface area contributed by atoms with Crippen molar-refractivity contribution in [2.45, 2.75) is 82.3 Å². The fraction of sp³-hybridized carbons (Fsp3) is 0.429. The number of hydrogen-bond acceptors (Lipinski definition) is 10. The molecule has 0 radical (unpaired) electrons. The van der Waals surface area contributed by atoms with Gasteiger partial charge in [-0.15, -0.1) is 0 Å². The Morgan fingerprint density at radius 1 is 1.03 bits per heavy atom. The van der Waals surface area contributed by atoms with Crippen LogP contribution >= 0.6 is 0 Å². The molecule has 2 aromatic carbocycles. The minimum atomic E-state index is -4.51. The number of imide groups is 1. The molecule has 4 aromatic heterocycles. The zero-order valence-electron chi connectivity index (χ0n) is 33.3. The van der Waals surface area contributed by atoms with Crippen molar-refractivity contribution in [1.82, 2.24) is 50.1 Å². The predicted molar refractivity (Wildman–Crippen MR) is 213 cm³/mol. The van der Waals surface area contributed by atoms with Gasteiger partial charge >= 0.3 is 12.2 Å². The predicted octanol–water partition coefficient (Wildman–Crippen LogP) is 6.15. The molecule has 0 atom stereocenters. The summed E-state index contributed by atoms with van der Waals surface area (Å²) in [7, 11) is 1.89. The molecule has 60 heavy (non-hydrogen) atoms. The van der Waals surface area contributed by atoms with Gasteiger partial charge in [-0.2, -0.15) is 28.4 Å². The largest absolute Gasteiger partial charge is 0.403 e. The van der Waals surface area contributed by atoms with Crippen molar-refractivity contribution in [1.29, 1.82) is 0 Å². The maximum absolute atomic E-state index is 13.4. The Hall–Kier alpha value is -6.17. The number of nitrogens with one attached hydrogen (secondary N) is 2. The molecule has 4 amide bonds. The minimum Gasteiger partial charge on any atom is -0.345 e. The van der Waals surface area contributed by atoms with Crippen LogP contribution in [0, 0.1) is 6.92 Å². The van der Waals surface area contributed by atoms with E-state index in [1.165, 1.54) is 17.5 Å². The van der Waals surface area contributed by atoms with Gasteiger partial charge in [0.15, 0.2) is 5.82 Å². The van der Waals surface area contributed by atoms with E-state index in [0.717, 1.165) is 90.5 Å². The summed E-state index contributed by atoms with van der Waals surface area (Å²) in [4.78, 5) is 49.3. The molecule has 2 aliphatic heterocycles. The molecular weight excluding hydrogens is 780 g/mol. The van der Waals surface area contributed by atoms with Gasteiger partial charge in [0.25, 0.3) is 11.7 Å². The highest BCUT2D eigenvalue weighted by molar-refractivity contribution is 6.08. The van der Waals surface area contributed by atoms with Crippen LogP contribution in [0.2, 0.25) is 0 Å². The first-order chi connectivity index (χ1) is 28.9. The number of fused-ring (bicyclic) bond motifs is 2. The Morgan fingerprint density at radius 3 is 2.60 bits per heavy atom. The second-order valence-corrected chi connectivity index (χ2v) is 16.2. The van der Waals surface area contributed by atoms with Gasteiger partial charge in [-0.25, -0.2) is 14.3 Å². The molecule has 0 bridgehead atoms. The average molecular weight is 824 g/mol. The van der Waals surface area contributed by atoms with E-state index in [-0.39, 0.29) is 31.7 Å². The van der Waals surface area contributed by atoms with Crippen LogP contribution in [-0.4, -0.2) is 89.6 Å². The van der Waals surface area contributed by atoms with Crippen molar-refractivity contribution >= 4 is 40.1 Å². The normalized spacial score (nSPS) is 17.4. The third-order valence-corrected chi connectivity index (χ3v) is 12.3. The highest BCUT2D eigenvalue weighted by Crippen LogP contribution is 2.58. The number of urea groups is 1. The Labute approximate surface area is 342 Å². The Morgan fingerprint density at radius 2 is 1.85 bits per heavy atom. The molecule has 0 unspecified atom stereocenters. The van der Waals surface area contributed by atoms with E-state index in [4.69, 9.17) is 4.52 Å². The third-order valence-electron chi connectivity index (χ3n) is 12.3. The molecule has 2 saturated heterocycles. The first-order valence-corrected chi connectivity index (χ1v) is 20.3. The molecule has 312 valence electrons. The molecular formula is C42H44F3N11O4. The van der Waals surface area contributed by atoms with Crippen molar-refractivity contribution in [3.63, 3.8) is 0 Å². The van der Waals surface area contributed by atoms with Gasteiger partial charge in [0.2, 0.25) is 11.8 Å². The number of piperidine rings is 1. The lowest BCUT2D eigenvalue weighted by Gasteiger charge is -2.32. The molecule has 0 spiro atoms.